The molecule has 20 heavy (non-hydrogen) atoms. The minimum absolute atomic E-state index is 0.0754. The van der Waals surface area contributed by atoms with Gasteiger partial charge in [-0.1, -0.05) is 19.8 Å². The number of rotatable bonds is 3. The Labute approximate surface area is 120 Å². The second-order valence-corrected chi connectivity index (χ2v) is 6.00. The number of ether oxygens (including phenoxy) is 1. The van der Waals surface area contributed by atoms with Gasteiger partial charge >= 0.3 is 0 Å². The monoisotopic (exact) mass is 276 g/mol. The van der Waals surface area contributed by atoms with Crippen molar-refractivity contribution in [2.24, 2.45) is 11.7 Å². The van der Waals surface area contributed by atoms with E-state index in [-0.39, 0.29) is 5.91 Å². The second kappa shape index (κ2) is 5.83. The number of methoxy groups -OCH3 is 1. The summed E-state index contributed by atoms with van der Waals surface area (Å²) < 4.78 is 5.22. The molecule has 0 saturated heterocycles. The maximum absolute atomic E-state index is 12.4. The summed E-state index contributed by atoms with van der Waals surface area (Å²) in [5.41, 5.74) is 7.34. The number of carbonyl (C=O) groups is 1. The third-order valence-corrected chi connectivity index (χ3v) is 4.14. The van der Waals surface area contributed by atoms with E-state index >= 15 is 0 Å². The minimum Gasteiger partial charge on any atom is -0.496 e. The van der Waals surface area contributed by atoms with Crippen molar-refractivity contribution in [3.05, 3.63) is 23.8 Å². The van der Waals surface area contributed by atoms with Gasteiger partial charge in [-0.2, -0.15) is 0 Å². The Bertz CT molecular complexity index is 501. The molecule has 4 nitrogen and oxygen atoms in total. The standard InChI is InChI=1S/C16H24N2O2/c1-11-5-4-8-16(17,10-11)15(19)18-13-6-7-14(20-3)12(2)9-13/h6-7,9,11H,4-5,8,10,17H2,1-3H3,(H,18,19). The lowest BCUT2D eigenvalue weighted by molar-refractivity contribution is -0.122. The number of aryl methyl sites for hydroxylation is 1. The highest BCUT2D eigenvalue weighted by molar-refractivity contribution is 5.98. The summed E-state index contributed by atoms with van der Waals surface area (Å²) in [7, 11) is 1.64. The van der Waals surface area contributed by atoms with Crippen molar-refractivity contribution in [2.45, 2.75) is 45.1 Å². The van der Waals surface area contributed by atoms with Crippen molar-refractivity contribution in [3.8, 4) is 5.75 Å². The first-order valence-electron chi connectivity index (χ1n) is 7.19. The van der Waals surface area contributed by atoms with Crippen molar-refractivity contribution >= 4 is 11.6 Å². The number of nitrogens with two attached hydrogens (primary N) is 1. The molecule has 1 amide bonds. The molecule has 1 aliphatic rings. The van der Waals surface area contributed by atoms with Crippen molar-refractivity contribution in [1.29, 1.82) is 0 Å². The number of hydrogen-bond donors (Lipinski definition) is 2. The lowest BCUT2D eigenvalue weighted by atomic mass is 9.76. The van der Waals surface area contributed by atoms with Gasteiger partial charge in [-0.05, 0) is 49.4 Å². The predicted octanol–water partition coefficient (Wildman–Crippen LogP) is 2.85. The van der Waals surface area contributed by atoms with Gasteiger partial charge in [0.15, 0.2) is 0 Å². The minimum atomic E-state index is -0.731. The van der Waals surface area contributed by atoms with Gasteiger partial charge in [0.25, 0.3) is 0 Å². The Balaban J connectivity index is 2.09. The van der Waals surface area contributed by atoms with Gasteiger partial charge in [0.2, 0.25) is 5.91 Å². The molecule has 0 heterocycles. The van der Waals surface area contributed by atoms with Crippen LogP contribution in [0.3, 0.4) is 0 Å². The van der Waals surface area contributed by atoms with E-state index in [0.29, 0.717) is 5.92 Å². The Morgan fingerprint density at radius 2 is 2.25 bits per heavy atom. The molecular weight excluding hydrogens is 252 g/mol. The van der Waals surface area contributed by atoms with Gasteiger partial charge in [0.05, 0.1) is 12.6 Å². The first-order chi connectivity index (χ1) is 9.44. The van der Waals surface area contributed by atoms with E-state index in [2.05, 4.69) is 12.2 Å². The molecule has 1 aliphatic carbocycles. The molecule has 3 N–H and O–H groups in total. The molecule has 2 atom stereocenters. The molecule has 1 fully saturated rings. The molecular formula is C16H24N2O2. The van der Waals surface area contributed by atoms with E-state index in [1.54, 1.807) is 7.11 Å². The van der Waals surface area contributed by atoms with Crippen LogP contribution in [0.25, 0.3) is 0 Å². The molecule has 1 aromatic rings. The predicted molar refractivity (Wildman–Crippen MR) is 80.9 cm³/mol. The third-order valence-electron chi connectivity index (χ3n) is 4.14. The molecule has 2 rings (SSSR count). The van der Waals surface area contributed by atoms with Gasteiger partial charge in [-0.15, -0.1) is 0 Å². The van der Waals surface area contributed by atoms with Crippen LogP contribution in [0.4, 0.5) is 5.69 Å². The fourth-order valence-corrected chi connectivity index (χ4v) is 3.01. The van der Waals surface area contributed by atoms with Crippen LogP contribution < -0.4 is 15.8 Å². The Morgan fingerprint density at radius 3 is 2.85 bits per heavy atom. The first-order valence-corrected chi connectivity index (χ1v) is 7.19. The average Bonchev–Trinajstić information content (AvgIpc) is 2.38. The number of anilines is 1. The second-order valence-electron chi connectivity index (χ2n) is 6.00. The average molecular weight is 276 g/mol. The van der Waals surface area contributed by atoms with E-state index in [4.69, 9.17) is 10.5 Å². The molecule has 1 aromatic carbocycles. The zero-order valence-corrected chi connectivity index (χ0v) is 12.5. The van der Waals surface area contributed by atoms with Crippen molar-refractivity contribution in [2.75, 3.05) is 12.4 Å². The van der Waals surface area contributed by atoms with Crippen LogP contribution >= 0.6 is 0 Å². The Morgan fingerprint density at radius 1 is 1.50 bits per heavy atom. The van der Waals surface area contributed by atoms with Crippen LogP contribution in [0.5, 0.6) is 5.75 Å². The Kier molecular flexibility index (Phi) is 4.33. The number of amides is 1. The molecule has 0 bridgehead atoms. The number of benzene rings is 1. The van der Waals surface area contributed by atoms with E-state index in [1.807, 2.05) is 25.1 Å². The van der Waals surface area contributed by atoms with Crippen LogP contribution in [-0.2, 0) is 4.79 Å². The fraction of sp³-hybridized carbons (Fsp3) is 0.562. The van der Waals surface area contributed by atoms with Gasteiger partial charge in [-0.3, -0.25) is 4.79 Å². The number of carbonyl (C=O) groups excluding carboxylic acids is 1. The van der Waals surface area contributed by atoms with Crippen molar-refractivity contribution < 1.29 is 9.53 Å². The summed E-state index contributed by atoms with van der Waals surface area (Å²) in [6, 6.07) is 5.61. The third kappa shape index (κ3) is 3.12. The highest BCUT2D eigenvalue weighted by Crippen LogP contribution is 2.31. The maximum Gasteiger partial charge on any atom is 0.244 e. The summed E-state index contributed by atoms with van der Waals surface area (Å²) in [6.45, 7) is 4.11. The highest BCUT2D eigenvalue weighted by Gasteiger charge is 2.37. The molecule has 0 radical (unpaired) electrons. The van der Waals surface area contributed by atoms with E-state index in [9.17, 15) is 4.79 Å². The molecule has 2 unspecified atom stereocenters. The zero-order chi connectivity index (χ0) is 14.8. The molecule has 1 saturated carbocycles. The van der Waals surface area contributed by atoms with Crippen molar-refractivity contribution in [3.63, 3.8) is 0 Å². The van der Waals surface area contributed by atoms with E-state index < -0.39 is 5.54 Å². The van der Waals surface area contributed by atoms with Gasteiger partial charge in [0, 0.05) is 5.69 Å². The van der Waals surface area contributed by atoms with Gasteiger partial charge in [-0.25, -0.2) is 0 Å². The summed E-state index contributed by atoms with van der Waals surface area (Å²) >= 11 is 0. The molecule has 0 spiro atoms. The summed E-state index contributed by atoms with van der Waals surface area (Å²) in [5.74, 6) is 1.25. The first kappa shape index (κ1) is 14.9. The SMILES string of the molecule is COc1ccc(NC(=O)C2(N)CCCC(C)C2)cc1C. The van der Waals surface area contributed by atoms with Crippen molar-refractivity contribution in [1.82, 2.24) is 0 Å². The normalized spacial score (nSPS) is 26.1. The quantitative estimate of drug-likeness (QED) is 0.892. The lowest BCUT2D eigenvalue weighted by Crippen LogP contribution is -2.53. The van der Waals surface area contributed by atoms with Gasteiger partial charge < -0.3 is 15.8 Å². The molecule has 0 aromatic heterocycles. The van der Waals surface area contributed by atoms with Crippen LogP contribution in [0.1, 0.15) is 38.2 Å². The highest BCUT2D eigenvalue weighted by atomic mass is 16.5. The number of hydrogen-bond acceptors (Lipinski definition) is 3. The molecule has 4 heteroatoms. The van der Waals surface area contributed by atoms with Crippen LogP contribution in [-0.4, -0.2) is 18.6 Å². The van der Waals surface area contributed by atoms with E-state index in [0.717, 1.165) is 42.7 Å². The summed E-state index contributed by atoms with van der Waals surface area (Å²) in [5, 5.41) is 2.95. The van der Waals surface area contributed by atoms with Crippen LogP contribution in [0.2, 0.25) is 0 Å². The molecule has 0 aliphatic heterocycles. The summed E-state index contributed by atoms with van der Waals surface area (Å²) in [6.07, 6.45) is 3.70. The fourth-order valence-electron chi connectivity index (χ4n) is 3.01. The van der Waals surface area contributed by atoms with Crippen LogP contribution in [0.15, 0.2) is 18.2 Å². The molecule has 110 valence electrons. The summed E-state index contributed by atoms with van der Waals surface area (Å²) in [4.78, 5) is 12.4. The largest absolute Gasteiger partial charge is 0.496 e. The number of nitrogens with one attached hydrogen (secondary N) is 1. The van der Waals surface area contributed by atoms with Crippen LogP contribution in [0, 0.1) is 12.8 Å². The Hall–Kier alpha value is -1.55. The van der Waals surface area contributed by atoms with E-state index in [1.165, 1.54) is 0 Å². The smallest absolute Gasteiger partial charge is 0.244 e. The maximum atomic E-state index is 12.4. The zero-order valence-electron chi connectivity index (χ0n) is 12.5. The topological polar surface area (TPSA) is 64.3 Å². The lowest BCUT2D eigenvalue weighted by Gasteiger charge is -2.35. The van der Waals surface area contributed by atoms with Gasteiger partial charge in [0.1, 0.15) is 5.75 Å².